The number of hydrogen-bond donors (Lipinski definition) is 1. The topological polar surface area (TPSA) is 64.4 Å². The molecular formula is C17H19ClN2O3S. The van der Waals surface area contributed by atoms with E-state index in [1.165, 1.54) is 0 Å². The standard InChI is InChI=1S/C17H19ClN2O3S/c1-11-14(15(20-23-11)12-5-3-4-6-13(12)18)16(21)19-9-17(22-2)7-8-24-10-17/h3-6H,7-10H2,1-2H3,(H,19,21). The molecule has 1 atom stereocenters. The van der Waals surface area contributed by atoms with Crippen LogP contribution >= 0.6 is 23.4 Å². The summed E-state index contributed by atoms with van der Waals surface area (Å²) in [6.07, 6.45) is 0.925. The highest BCUT2D eigenvalue weighted by atomic mass is 35.5. The van der Waals surface area contributed by atoms with Crippen LogP contribution in [0.4, 0.5) is 0 Å². The second kappa shape index (κ2) is 7.17. The first-order valence-corrected chi connectivity index (χ1v) is 9.22. The van der Waals surface area contributed by atoms with Gasteiger partial charge in [-0.3, -0.25) is 4.79 Å². The first-order valence-electron chi connectivity index (χ1n) is 7.68. The van der Waals surface area contributed by atoms with Crippen LogP contribution in [0.15, 0.2) is 28.8 Å². The number of aromatic nitrogens is 1. The normalized spacial score (nSPS) is 20.3. The van der Waals surface area contributed by atoms with Crippen molar-refractivity contribution < 1.29 is 14.1 Å². The molecule has 1 aromatic carbocycles. The molecule has 5 nitrogen and oxygen atoms in total. The summed E-state index contributed by atoms with van der Waals surface area (Å²) in [5.41, 5.74) is 1.26. The monoisotopic (exact) mass is 366 g/mol. The summed E-state index contributed by atoms with van der Waals surface area (Å²) in [6.45, 7) is 2.18. The van der Waals surface area contributed by atoms with E-state index in [2.05, 4.69) is 10.5 Å². The Morgan fingerprint density at radius 1 is 1.50 bits per heavy atom. The van der Waals surface area contributed by atoms with Gasteiger partial charge >= 0.3 is 0 Å². The molecule has 1 saturated heterocycles. The van der Waals surface area contributed by atoms with Crippen molar-refractivity contribution in [3.8, 4) is 11.3 Å². The Labute approximate surface area is 150 Å². The fourth-order valence-corrected chi connectivity index (χ4v) is 4.39. The van der Waals surface area contributed by atoms with Crippen molar-refractivity contribution in [3.05, 3.63) is 40.6 Å². The Bertz CT molecular complexity index is 741. The maximum Gasteiger partial charge on any atom is 0.257 e. The summed E-state index contributed by atoms with van der Waals surface area (Å²) in [5, 5.41) is 7.53. The van der Waals surface area contributed by atoms with Gasteiger partial charge in [-0.15, -0.1) is 0 Å². The molecule has 1 aliphatic heterocycles. The fraction of sp³-hybridized carbons (Fsp3) is 0.412. The number of rotatable bonds is 5. The number of amides is 1. The van der Waals surface area contributed by atoms with Gasteiger partial charge in [-0.05, 0) is 25.2 Å². The van der Waals surface area contributed by atoms with E-state index in [4.69, 9.17) is 20.9 Å². The summed E-state index contributed by atoms with van der Waals surface area (Å²) in [5.74, 6) is 2.16. The molecule has 1 aliphatic rings. The number of methoxy groups -OCH3 is 1. The number of carbonyl (C=O) groups excluding carboxylic acids is 1. The van der Waals surface area contributed by atoms with Crippen LogP contribution in [0.1, 0.15) is 22.5 Å². The molecule has 1 N–H and O–H groups in total. The molecule has 0 aliphatic carbocycles. The average Bonchev–Trinajstić information content (AvgIpc) is 3.21. The zero-order valence-electron chi connectivity index (χ0n) is 13.6. The molecule has 0 radical (unpaired) electrons. The fourth-order valence-electron chi connectivity index (χ4n) is 2.77. The van der Waals surface area contributed by atoms with Crippen LogP contribution in [0.3, 0.4) is 0 Å². The van der Waals surface area contributed by atoms with Crippen molar-refractivity contribution in [3.63, 3.8) is 0 Å². The van der Waals surface area contributed by atoms with Gasteiger partial charge in [0.1, 0.15) is 17.0 Å². The Hall–Kier alpha value is -1.50. The Balaban J connectivity index is 1.83. The van der Waals surface area contributed by atoms with Crippen LogP contribution in [0.5, 0.6) is 0 Å². The van der Waals surface area contributed by atoms with Crippen LogP contribution < -0.4 is 5.32 Å². The highest BCUT2D eigenvalue weighted by molar-refractivity contribution is 7.99. The van der Waals surface area contributed by atoms with Gasteiger partial charge in [0.15, 0.2) is 0 Å². The van der Waals surface area contributed by atoms with E-state index >= 15 is 0 Å². The molecule has 2 heterocycles. The van der Waals surface area contributed by atoms with Crippen molar-refractivity contribution in [1.29, 1.82) is 0 Å². The summed E-state index contributed by atoms with van der Waals surface area (Å²) in [4.78, 5) is 12.7. The van der Waals surface area contributed by atoms with Gasteiger partial charge in [0, 0.05) is 25.0 Å². The third kappa shape index (κ3) is 3.31. The largest absolute Gasteiger partial charge is 0.376 e. The van der Waals surface area contributed by atoms with Crippen molar-refractivity contribution >= 4 is 29.3 Å². The molecule has 128 valence electrons. The summed E-state index contributed by atoms with van der Waals surface area (Å²) >= 11 is 8.07. The molecule has 1 amide bonds. The second-order valence-electron chi connectivity index (χ2n) is 5.81. The van der Waals surface area contributed by atoms with Crippen molar-refractivity contribution in [2.24, 2.45) is 0 Å². The predicted molar refractivity (Wildman–Crippen MR) is 95.7 cm³/mol. The maximum atomic E-state index is 12.7. The lowest BCUT2D eigenvalue weighted by Gasteiger charge is -2.26. The molecule has 1 aromatic heterocycles. The van der Waals surface area contributed by atoms with Gasteiger partial charge in [0.25, 0.3) is 5.91 Å². The zero-order chi connectivity index (χ0) is 17.2. The number of thioether (sulfide) groups is 1. The molecule has 7 heteroatoms. The number of hydrogen-bond acceptors (Lipinski definition) is 5. The number of ether oxygens (including phenoxy) is 1. The minimum Gasteiger partial charge on any atom is -0.376 e. The minimum absolute atomic E-state index is 0.225. The van der Waals surface area contributed by atoms with E-state index in [1.807, 2.05) is 30.0 Å². The lowest BCUT2D eigenvalue weighted by Crippen LogP contribution is -2.44. The number of halogens is 1. The molecule has 1 unspecified atom stereocenters. The highest BCUT2D eigenvalue weighted by Gasteiger charge is 2.35. The lowest BCUT2D eigenvalue weighted by molar-refractivity contribution is 0.0137. The van der Waals surface area contributed by atoms with Crippen LogP contribution in [-0.2, 0) is 4.74 Å². The SMILES string of the molecule is COC1(CNC(=O)c2c(-c3ccccc3Cl)noc2C)CCSC1. The van der Waals surface area contributed by atoms with E-state index < -0.39 is 0 Å². The summed E-state index contributed by atoms with van der Waals surface area (Å²) in [7, 11) is 1.69. The van der Waals surface area contributed by atoms with E-state index in [1.54, 1.807) is 20.1 Å². The van der Waals surface area contributed by atoms with Gasteiger partial charge in [-0.1, -0.05) is 35.0 Å². The zero-order valence-corrected chi connectivity index (χ0v) is 15.2. The highest BCUT2D eigenvalue weighted by Crippen LogP contribution is 2.32. The first kappa shape index (κ1) is 17.3. The molecule has 24 heavy (non-hydrogen) atoms. The molecule has 0 saturated carbocycles. The van der Waals surface area contributed by atoms with Gasteiger partial charge < -0.3 is 14.6 Å². The number of nitrogens with zero attached hydrogens (tertiary/aromatic N) is 1. The third-order valence-corrected chi connectivity index (χ3v) is 5.84. The molecule has 0 bridgehead atoms. The number of benzene rings is 1. The first-order chi connectivity index (χ1) is 11.6. The Morgan fingerprint density at radius 2 is 2.29 bits per heavy atom. The van der Waals surface area contributed by atoms with E-state index in [0.29, 0.717) is 34.1 Å². The van der Waals surface area contributed by atoms with Crippen LogP contribution in [0.25, 0.3) is 11.3 Å². The van der Waals surface area contributed by atoms with Gasteiger partial charge in [-0.25, -0.2) is 0 Å². The van der Waals surface area contributed by atoms with Gasteiger partial charge in [-0.2, -0.15) is 11.8 Å². The summed E-state index contributed by atoms with van der Waals surface area (Å²) in [6, 6.07) is 7.26. The number of carbonyl (C=O) groups is 1. The molecule has 3 rings (SSSR count). The van der Waals surface area contributed by atoms with E-state index in [-0.39, 0.29) is 11.5 Å². The Kier molecular flexibility index (Phi) is 5.18. The smallest absolute Gasteiger partial charge is 0.257 e. The summed E-state index contributed by atoms with van der Waals surface area (Å²) < 4.78 is 10.9. The van der Waals surface area contributed by atoms with Crippen molar-refractivity contribution in [1.82, 2.24) is 10.5 Å². The molecule has 2 aromatic rings. The molecular weight excluding hydrogens is 348 g/mol. The van der Waals surface area contributed by atoms with Crippen molar-refractivity contribution in [2.75, 3.05) is 25.2 Å². The quantitative estimate of drug-likeness (QED) is 0.876. The van der Waals surface area contributed by atoms with Crippen LogP contribution in [-0.4, -0.2) is 41.8 Å². The van der Waals surface area contributed by atoms with E-state index in [9.17, 15) is 4.79 Å². The Morgan fingerprint density at radius 3 is 2.96 bits per heavy atom. The third-order valence-electron chi connectivity index (χ3n) is 4.29. The number of nitrogens with one attached hydrogen (secondary N) is 1. The van der Waals surface area contributed by atoms with Crippen LogP contribution in [0, 0.1) is 6.92 Å². The minimum atomic E-state index is -0.296. The van der Waals surface area contributed by atoms with E-state index in [0.717, 1.165) is 17.9 Å². The van der Waals surface area contributed by atoms with Gasteiger partial charge in [0.05, 0.1) is 10.6 Å². The molecule has 0 spiro atoms. The second-order valence-corrected chi connectivity index (χ2v) is 7.33. The van der Waals surface area contributed by atoms with Crippen LogP contribution in [0.2, 0.25) is 5.02 Å². The number of aryl methyl sites for hydroxylation is 1. The molecule has 1 fully saturated rings. The van der Waals surface area contributed by atoms with Gasteiger partial charge in [0.2, 0.25) is 0 Å². The maximum absolute atomic E-state index is 12.7. The predicted octanol–water partition coefficient (Wildman–Crippen LogP) is 3.56. The lowest BCUT2D eigenvalue weighted by atomic mass is 10.0. The average molecular weight is 367 g/mol. The van der Waals surface area contributed by atoms with Crippen molar-refractivity contribution in [2.45, 2.75) is 18.9 Å².